The number of rotatable bonds is 3. The number of carbonyl (C=O) groups is 1. The molecule has 1 saturated carbocycles. The third kappa shape index (κ3) is 2.51. The average Bonchev–Trinajstić information content (AvgIpc) is 3.17. The first-order valence-electron chi connectivity index (χ1n) is 8.05. The van der Waals surface area contributed by atoms with Gasteiger partial charge in [0.1, 0.15) is 6.54 Å². The quantitative estimate of drug-likeness (QED) is 0.850. The average molecular weight is 316 g/mol. The zero-order chi connectivity index (χ0) is 16.0. The van der Waals surface area contributed by atoms with Crippen LogP contribution in [0.4, 0.5) is 0 Å². The number of nitrogens with zero attached hydrogens (tertiary/aromatic N) is 6. The molecule has 2 fully saturated rings. The Kier molecular flexibility index (Phi) is 3.21. The molecule has 3 heterocycles. The third-order valence-corrected chi connectivity index (χ3v) is 5.07. The highest BCUT2D eigenvalue weighted by molar-refractivity contribution is 5.92. The first kappa shape index (κ1) is 14.3. The van der Waals surface area contributed by atoms with Crippen LogP contribution in [0.5, 0.6) is 0 Å². The molecule has 122 valence electrons. The molecule has 1 saturated heterocycles. The Bertz CT molecular complexity index is 732. The van der Waals surface area contributed by atoms with Gasteiger partial charge in [-0.05, 0) is 31.6 Å². The third-order valence-electron chi connectivity index (χ3n) is 5.07. The number of amides is 1. The van der Waals surface area contributed by atoms with E-state index < -0.39 is 0 Å². The topological polar surface area (TPSA) is 89.9 Å². The summed E-state index contributed by atoms with van der Waals surface area (Å²) in [5.41, 5.74) is 0.751. The molecular weight excluding hydrogens is 296 g/mol. The maximum Gasteiger partial charge on any atom is 0.276 e. The summed E-state index contributed by atoms with van der Waals surface area (Å²) in [7, 11) is 0. The summed E-state index contributed by atoms with van der Waals surface area (Å²) in [5.74, 6) is 0.999. The second-order valence-electron chi connectivity index (χ2n) is 6.87. The van der Waals surface area contributed by atoms with Gasteiger partial charge in [0.2, 0.25) is 5.89 Å². The summed E-state index contributed by atoms with van der Waals surface area (Å²) in [6, 6.07) is 0.271. The summed E-state index contributed by atoms with van der Waals surface area (Å²) in [6.07, 6.45) is 6.53. The van der Waals surface area contributed by atoms with E-state index >= 15 is 0 Å². The molecule has 1 aliphatic heterocycles. The molecule has 2 aromatic heterocycles. The van der Waals surface area contributed by atoms with Crippen LogP contribution in [0.1, 0.15) is 54.8 Å². The molecule has 1 atom stereocenters. The second kappa shape index (κ2) is 5.14. The molecule has 8 heteroatoms. The minimum atomic E-state index is -0.0307. The zero-order valence-electron chi connectivity index (χ0n) is 13.4. The molecule has 0 N–H and O–H groups in total. The summed E-state index contributed by atoms with van der Waals surface area (Å²) < 4.78 is 6.50. The molecule has 2 aliphatic rings. The van der Waals surface area contributed by atoms with Crippen LogP contribution in [0.3, 0.4) is 0 Å². The van der Waals surface area contributed by atoms with Crippen LogP contribution in [0.25, 0.3) is 0 Å². The first-order valence-corrected chi connectivity index (χ1v) is 8.05. The number of hydrogen-bond acceptors (Lipinski definition) is 6. The van der Waals surface area contributed by atoms with Crippen molar-refractivity contribution in [3.8, 4) is 0 Å². The van der Waals surface area contributed by atoms with Gasteiger partial charge in [0, 0.05) is 19.5 Å². The van der Waals surface area contributed by atoms with E-state index in [1.807, 2.05) is 4.90 Å². The first-order chi connectivity index (χ1) is 11.0. The maximum atomic E-state index is 12.7. The molecule has 4 rings (SSSR count). The molecule has 1 aliphatic carbocycles. The minimum Gasteiger partial charge on any atom is -0.340 e. The fourth-order valence-corrected chi connectivity index (χ4v) is 3.80. The van der Waals surface area contributed by atoms with Crippen LogP contribution < -0.4 is 0 Å². The highest BCUT2D eigenvalue weighted by Gasteiger charge is 2.47. The molecule has 0 bridgehead atoms. The minimum absolute atomic E-state index is 0.0307. The van der Waals surface area contributed by atoms with Crippen molar-refractivity contribution in [1.29, 1.82) is 0 Å². The molecular formula is C15H20N6O2. The van der Waals surface area contributed by atoms with Crippen molar-refractivity contribution < 1.29 is 9.32 Å². The summed E-state index contributed by atoms with van der Waals surface area (Å²) >= 11 is 0. The number of aryl methyl sites for hydroxylation is 1. The molecule has 1 spiro atoms. The van der Waals surface area contributed by atoms with Crippen molar-refractivity contribution in [2.24, 2.45) is 5.41 Å². The van der Waals surface area contributed by atoms with E-state index in [2.05, 4.69) is 27.4 Å². The van der Waals surface area contributed by atoms with Gasteiger partial charge in [0.05, 0.1) is 6.20 Å². The number of likely N-dealkylation sites (tertiary alicyclic amines) is 1. The van der Waals surface area contributed by atoms with Crippen molar-refractivity contribution in [3.63, 3.8) is 0 Å². The molecule has 2 aromatic rings. The van der Waals surface area contributed by atoms with E-state index in [-0.39, 0.29) is 11.9 Å². The van der Waals surface area contributed by atoms with Gasteiger partial charge in [-0.15, -0.1) is 5.10 Å². The Morgan fingerprint density at radius 3 is 2.91 bits per heavy atom. The normalized spacial score (nSPS) is 22.5. The van der Waals surface area contributed by atoms with Gasteiger partial charge < -0.3 is 9.42 Å². The number of hydrogen-bond donors (Lipinski definition) is 0. The van der Waals surface area contributed by atoms with Crippen LogP contribution in [-0.2, 0) is 6.54 Å². The van der Waals surface area contributed by atoms with E-state index in [1.165, 1.54) is 19.3 Å². The van der Waals surface area contributed by atoms with Crippen molar-refractivity contribution >= 4 is 5.91 Å². The van der Waals surface area contributed by atoms with Gasteiger partial charge in [-0.3, -0.25) is 4.79 Å². The fourth-order valence-electron chi connectivity index (χ4n) is 3.80. The molecule has 1 unspecified atom stereocenters. The van der Waals surface area contributed by atoms with E-state index in [1.54, 1.807) is 17.8 Å². The van der Waals surface area contributed by atoms with Crippen molar-refractivity contribution in [2.45, 2.75) is 52.1 Å². The lowest BCUT2D eigenvalue weighted by Crippen LogP contribution is -2.37. The predicted molar refractivity (Wildman–Crippen MR) is 79.6 cm³/mol. The Hall–Kier alpha value is -2.25. The Balaban J connectivity index is 1.47. The van der Waals surface area contributed by atoms with Crippen LogP contribution in [0, 0.1) is 12.3 Å². The highest BCUT2D eigenvalue weighted by Crippen LogP contribution is 2.50. The lowest BCUT2D eigenvalue weighted by molar-refractivity contribution is 0.0695. The molecule has 0 aromatic carbocycles. The highest BCUT2D eigenvalue weighted by atomic mass is 16.5. The standard InChI is InChI=1S/C15H20N6O2/c1-10-6-15(4-3-5-15)9-21(10)14(22)12-7-20(19-17-12)8-13-16-11(2)23-18-13/h7,10H,3-6,8-9H2,1-2H3. The van der Waals surface area contributed by atoms with E-state index in [0.717, 1.165) is 13.0 Å². The van der Waals surface area contributed by atoms with E-state index in [0.29, 0.717) is 29.4 Å². The summed E-state index contributed by atoms with van der Waals surface area (Å²) in [5, 5.41) is 11.9. The lowest BCUT2D eigenvalue weighted by Gasteiger charge is -2.37. The zero-order valence-corrected chi connectivity index (χ0v) is 13.4. The fraction of sp³-hybridized carbons (Fsp3) is 0.667. The maximum absolute atomic E-state index is 12.7. The van der Waals surface area contributed by atoms with Gasteiger partial charge in [0.15, 0.2) is 11.5 Å². The molecule has 23 heavy (non-hydrogen) atoms. The van der Waals surface area contributed by atoms with Crippen LogP contribution in [-0.4, -0.2) is 48.5 Å². The van der Waals surface area contributed by atoms with E-state index in [4.69, 9.17) is 4.52 Å². The summed E-state index contributed by atoms with van der Waals surface area (Å²) in [4.78, 5) is 18.8. The van der Waals surface area contributed by atoms with E-state index in [9.17, 15) is 4.79 Å². The van der Waals surface area contributed by atoms with Crippen molar-refractivity contribution in [2.75, 3.05) is 6.54 Å². The number of carbonyl (C=O) groups excluding carboxylic acids is 1. The smallest absolute Gasteiger partial charge is 0.276 e. The Morgan fingerprint density at radius 2 is 2.30 bits per heavy atom. The van der Waals surface area contributed by atoms with Gasteiger partial charge >= 0.3 is 0 Å². The Morgan fingerprint density at radius 1 is 1.48 bits per heavy atom. The predicted octanol–water partition coefficient (Wildman–Crippen LogP) is 1.42. The molecule has 0 radical (unpaired) electrons. The van der Waals surface area contributed by atoms with Crippen molar-refractivity contribution in [3.05, 3.63) is 23.6 Å². The number of aromatic nitrogens is 5. The summed E-state index contributed by atoms with van der Waals surface area (Å²) in [6.45, 7) is 5.05. The van der Waals surface area contributed by atoms with Crippen LogP contribution in [0.2, 0.25) is 0 Å². The van der Waals surface area contributed by atoms with Gasteiger partial charge in [-0.1, -0.05) is 16.8 Å². The molecule has 8 nitrogen and oxygen atoms in total. The van der Waals surface area contributed by atoms with Crippen molar-refractivity contribution in [1.82, 2.24) is 30.0 Å². The Labute approximate surface area is 133 Å². The SMILES string of the molecule is Cc1nc(Cn2cc(C(=O)N3CC4(CCC4)CC3C)nn2)no1. The van der Waals surface area contributed by atoms with Gasteiger partial charge in [-0.2, -0.15) is 4.98 Å². The lowest BCUT2D eigenvalue weighted by atomic mass is 9.68. The monoisotopic (exact) mass is 316 g/mol. The largest absolute Gasteiger partial charge is 0.340 e. The van der Waals surface area contributed by atoms with Crippen LogP contribution >= 0.6 is 0 Å². The molecule has 1 amide bonds. The second-order valence-corrected chi connectivity index (χ2v) is 6.87. The van der Waals surface area contributed by atoms with Gasteiger partial charge in [-0.25, -0.2) is 4.68 Å². The van der Waals surface area contributed by atoms with Crippen LogP contribution in [0.15, 0.2) is 10.7 Å². The van der Waals surface area contributed by atoms with Gasteiger partial charge in [0.25, 0.3) is 5.91 Å².